The van der Waals surface area contributed by atoms with E-state index < -0.39 is 5.91 Å². The monoisotopic (exact) mass is 372 g/mol. The lowest BCUT2D eigenvalue weighted by atomic mass is 10.2. The Morgan fingerprint density at radius 1 is 1.44 bits per heavy atom. The molecule has 0 saturated carbocycles. The van der Waals surface area contributed by atoms with Gasteiger partial charge in [0.05, 0.1) is 23.0 Å². The van der Waals surface area contributed by atoms with E-state index in [1.807, 2.05) is 19.9 Å². The van der Waals surface area contributed by atoms with Crippen molar-refractivity contribution in [2.45, 2.75) is 20.4 Å². The second kappa shape index (κ2) is 6.67. The summed E-state index contributed by atoms with van der Waals surface area (Å²) in [6.45, 7) is 3.60. The Hall–Kier alpha value is -2.69. The predicted molar refractivity (Wildman–Crippen MR) is 98.2 cm³/mol. The van der Waals surface area contributed by atoms with Crippen LogP contribution >= 0.6 is 22.9 Å². The first-order valence-electron chi connectivity index (χ1n) is 7.35. The minimum atomic E-state index is -0.438. The van der Waals surface area contributed by atoms with Crippen molar-refractivity contribution in [2.75, 3.05) is 5.32 Å². The van der Waals surface area contributed by atoms with Crippen LogP contribution in [0.15, 0.2) is 29.3 Å². The molecular weight excluding hydrogens is 360 g/mol. The SMILES string of the molecule is Cc1sc2ncn(CC(=O)Nc3cc(Cl)ccc3C#N)c(=O)c2c1C. The number of thiophene rings is 1. The Labute approximate surface area is 152 Å². The summed E-state index contributed by atoms with van der Waals surface area (Å²) in [6.07, 6.45) is 1.36. The molecule has 3 rings (SSSR count). The van der Waals surface area contributed by atoms with Crippen LogP contribution in [-0.4, -0.2) is 15.5 Å². The van der Waals surface area contributed by atoms with E-state index in [-0.39, 0.29) is 12.1 Å². The second-order valence-electron chi connectivity index (χ2n) is 5.49. The van der Waals surface area contributed by atoms with Gasteiger partial charge in [-0.3, -0.25) is 14.2 Å². The number of amides is 1. The van der Waals surface area contributed by atoms with Gasteiger partial charge in [0.25, 0.3) is 5.56 Å². The fourth-order valence-electron chi connectivity index (χ4n) is 2.44. The number of benzene rings is 1. The van der Waals surface area contributed by atoms with Crippen molar-refractivity contribution in [3.8, 4) is 6.07 Å². The third-order valence-electron chi connectivity index (χ3n) is 3.85. The van der Waals surface area contributed by atoms with E-state index in [1.54, 1.807) is 6.07 Å². The lowest BCUT2D eigenvalue weighted by Gasteiger charge is -2.09. The predicted octanol–water partition coefficient (Wildman–Crippen LogP) is 3.24. The Balaban J connectivity index is 1.89. The van der Waals surface area contributed by atoms with Crippen LogP contribution in [0, 0.1) is 25.2 Å². The Kier molecular flexibility index (Phi) is 4.57. The van der Waals surface area contributed by atoms with Gasteiger partial charge in [-0.1, -0.05) is 11.6 Å². The molecule has 1 N–H and O–H groups in total. The molecule has 0 aliphatic rings. The molecule has 0 fully saturated rings. The standard InChI is InChI=1S/C17H13ClN4O2S/c1-9-10(2)25-16-15(9)17(24)22(8-20-16)7-14(23)21-13-5-12(18)4-3-11(13)6-19/h3-5,8H,7H2,1-2H3,(H,21,23). The van der Waals surface area contributed by atoms with E-state index in [2.05, 4.69) is 10.3 Å². The average Bonchev–Trinajstić information content (AvgIpc) is 2.86. The highest BCUT2D eigenvalue weighted by atomic mass is 35.5. The number of hydrogen-bond donors (Lipinski definition) is 1. The quantitative estimate of drug-likeness (QED) is 0.764. The van der Waals surface area contributed by atoms with E-state index in [0.29, 0.717) is 26.5 Å². The van der Waals surface area contributed by atoms with Crippen molar-refractivity contribution in [1.29, 1.82) is 5.26 Å². The van der Waals surface area contributed by atoms with Gasteiger partial charge in [-0.05, 0) is 37.6 Å². The number of carbonyl (C=O) groups excluding carboxylic acids is 1. The molecular formula is C17H13ClN4O2S. The fraction of sp³-hybridized carbons (Fsp3) is 0.176. The van der Waals surface area contributed by atoms with Gasteiger partial charge >= 0.3 is 0 Å². The highest BCUT2D eigenvalue weighted by Crippen LogP contribution is 2.25. The maximum absolute atomic E-state index is 12.6. The third kappa shape index (κ3) is 3.27. The van der Waals surface area contributed by atoms with Crippen LogP contribution in [0.2, 0.25) is 5.02 Å². The molecule has 1 aromatic carbocycles. The van der Waals surface area contributed by atoms with Crippen LogP contribution < -0.4 is 10.9 Å². The van der Waals surface area contributed by atoms with Crippen LogP contribution in [0.5, 0.6) is 0 Å². The molecule has 0 aliphatic heterocycles. The van der Waals surface area contributed by atoms with Gasteiger partial charge in [0.2, 0.25) is 5.91 Å². The summed E-state index contributed by atoms with van der Waals surface area (Å²) in [5.74, 6) is -0.438. The highest BCUT2D eigenvalue weighted by Gasteiger charge is 2.14. The van der Waals surface area contributed by atoms with Gasteiger partial charge in [-0.25, -0.2) is 4.98 Å². The van der Waals surface area contributed by atoms with Crippen molar-refractivity contribution in [1.82, 2.24) is 9.55 Å². The number of nitrogens with one attached hydrogen (secondary N) is 1. The molecule has 0 bridgehead atoms. The van der Waals surface area contributed by atoms with Gasteiger partial charge in [0.15, 0.2) is 0 Å². The number of fused-ring (bicyclic) bond motifs is 1. The molecule has 8 heteroatoms. The average molecular weight is 373 g/mol. The maximum Gasteiger partial charge on any atom is 0.262 e. The molecule has 0 atom stereocenters. The summed E-state index contributed by atoms with van der Waals surface area (Å²) in [5.41, 5.74) is 1.23. The van der Waals surface area contributed by atoms with Crippen LogP contribution in [0.25, 0.3) is 10.2 Å². The van der Waals surface area contributed by atoms with Crippen LogP contribution in [0.3, 0.4) is 0 Å². The van der Waals surface area contributed by atoms with E-state index in [0.717, 1.165) is 10.4 Å². The topological polar surface area (TPSA) is 87.8 Å². The molecule has 2 aromatic heterocycles. The number of halogens is 1. The summed E-state index contributed by atoms with van der Waals surface area (Å²) >= 11 is 7.36. The van der Waals surface area contributed by atoms with Crippen molar-refractivity contribution >= 4 is 44.7 Å². The normalized spacial score (nSPS) is 10.6. The first-order chi connectivity index (χ1) is 11.9. The number of hydrogen-bond acceptors (Lipinski definition) is 5. The lowest BCUT2D eigenvalue weighted by molar-refractivity contribution is -0.116. The van der Waals surface area contributed by atoms with Gasteiger partial charge in [0.1, 0.15) is 17.4 Å². The van der Waals surface area contributed by atoms with Crippen molar-refractivity contribution in [3.63, 3.8) is 0 Å². The minimum absolute atomic E-state index is 0.201. The third-order valence-corrected chi connectivity index (χ3v) is 5.20. The van der Waals surface area contributed by atoms with Gasteiger partial charge in [-0.2, -0.15) is 5.26 Å². The zero-order valence-corrected chi connectivity index (χ0v) is 15.0. The van der Waals surface area contributed by atoms with Crippen molar-refractivity contribution < 1.29 is 4.79 Å². The number of nitrogens with zero attached hydrogens (tertiary/aromatic N) is 3. The van der Waals surface area contributed by atoms with E-state index in [4.69, 9.17) is 16.9 Å². The lowest BCUT2D eigenvalue weighted by Crippen LogP contribution is -2.28. The van der Waals surface area contributed by atoms with Crippen molar-refractivity contribution in [2.24, 2.45) is 0 Å². The molecule has 0 unspecified atom stereocenters. The Morgan fingerprint density at radius 3 is 2.92 bits per heavy atom. The molecule has 0 saturated heterocycles. The summed E-state index contributed by atoms with van der Waals surface area (Å²) in [4.78, 5) is 30.8. The first kappa shape index (κ1) is 17.1. The van der Waals surface area contributed by atoms with Gasteiger partial charge < -0.3 is 5.32 Å². The molecule has 0 spiro atoms. The molecule has 25 heavy (non-hydrogen) atoms. The largest absolute Gasteiger partial charge is 0.323 e. The number of rotatable bonds is 3. The zero-order valence-electron chi connectivity index (χ0n) is 13.5. The second-order valence-corrected chi connectivity index (χ2v) is 7.13. The molecule has 0 radical (unpaired) electrons. The summed E-state index contributed by atoms with van der Waals surface area (Å²) < 4.78 is 1.26. The molecule has 0 aliphatic carbocycles. The highest BCUT2D eigenvalue weighted by molar-refractivity contribution is 7.18. The van der Waals surface area contributed by atoms with Gasteiger partial charge in [-0.15, -0.1) is 11.3 Å². The zero-order chi connectivity index (χ0) is 18.1. The fourth-order valence-corrected chi connectivity index (χ4v) is 3.60. The maximum atomic E-state index is 12.6. The van der Waals surface area contributed by atoms with E-state index >= 15 is 0 Å². The molecule has 126 valence electrons. The van der Waals surface area contributed by atoms with Crippen molar-refractivity contribution in [3.05, 3.63) is 55.9 Å². The molecule has 6 nitrogen and oxygen atoms in total. The molecule has 2 heterocycles. The number of aromatic nitrogens is 2. The molecule has 1 amide bonds. The summed E-state index contributed by atoms with van der Waals surface area (Å²) in [6, 6.07) is 6.57. The van der Waals surface area contributed by atoms with E-state index in [1.165, 1.54) is 34.4 Å². The number of anilines is 1. The van der Waals surface area contributed by atoms with Crippen LogP contribution in [0.1, 0.15) is 16.0 Å². The van der Waals surface area contributed by atoms with Gasteiger partial charge in [0, 0.05) is 9.90 Å². The Bertz CT molecular complexity index is 1090. The number of nitriles is 1. The minimum Gasteiger partial charge on any atom is -0.323 e. The first-order valence-corrected chi connectivity index (χ1v) is 8.54. The smallest absolute Gasteiger partial charge is 0.262 e. The Morgan fingerprint density at radius 2 is 2.20 bits per heavy atom. The van der Waals surface area contributed by atoms with Crippen LogP contribution in [0.4, 0.5) is 5.69 Å². The summed E-state index contributed by atoms with van der Waals surface area (Å²) in [5, 5.41) is 12.7. The number of aryl methyl sites for hydroxylation is 2. The van der Waals surface area contributed by atoms with E-state index in [9.17, 15) is 9.59 Å². The van der Waals surface area contributed by atoms with Crippen LogP contribution in [-0.2, 0) is 11.3 Å². The molecule has 3 aromatic rings. The number of carbonyl (C=O) groups is 1. The summed E-state index contributed by atoms with van der Waals surface area (Å²) in [7, 11) is 0.